The van der Waals surface area contributed by atoms with E-state index in [1.807, 2.05) is 24.5 Å². The van der Waals surface area contributed by atoms with Gasteiger partial charge in [-0.25, -0.2) is 4.98 Å². The van der Waals surface area contributed by atoms with Crippen LogP contribution in [0.5, 0.6) is 0 Å². The molecule has 0 bridgehead atoms. The number of fused-ring (bicyclic) bond motifs is 1. The Morgan fingerprint density at radius 3 is 2.87 bits per heavy atom. The van der Waals surface area contributed by atoms with Gasteiger partial charge in [-0.3, -0.25) is 4.79 Å². The highest BCUT2D eigenvalue weighted by Gasteiger charge is 2.50. The van der Waals surface area contributed by atoms with Crippen molar-refractivity contribution >= 4 is 27.5 Å². The highest BCUT2D eigenvalue weighted by atomic mass is 32.1. The topological polar surface area (TPSA) is 63.9 Å². The molecular formula is C24H31N5OS. The van der Waals surface area contributed by atoms with E-state index >= 15 is 0 Å². The molecule has 2 aliphatic rings. The maximum Gasteiger partial charge on any atom is 0.223 e. The summed E-state index contributed by atoms with van der Waals surface area (Å²) in [5.41, 5.74) is 1.20. The first-order valence-corrected chi connectivity index (χ1v) is 12.5. The van der Waals surface area contributed by atoms with E-state index in [1.165, 1.54) is 36.8 Å². The standard InChI is InChI=1S/C24H31N5OS/c1-2-14-28-17-25-27-23(28)18-15-29(16-24(18)12-6-3-7-13-24)22(30)11-10-21-26-19-8-4-5-9-20(19)31-21/h4-5,8-9,17-18H,2-3,6-7,10-16H2,1H3. The molecule has 7 heteroatoms. The molecule has 1 spiro atoms. The normalized spacial score (nSPS) is 20.7. The molecular weight excluding hydrogens is 406 g/mol. The van der Waals surface area contributed by atoms with Crippen LogP contribution in [0, 0.1) is 5.41 Å². The van der Waals surface area contributed by atoms with Gasteiger partial charge in [0, 0.05) is 38.4 Å². The summed E-state index contributed by atoms with van der Waals surface area (Å²) >= 11 is 1.71. The van der Waals surface area contributed by atoms with Gasteiger partial charge >= 0.3 is 0 Å². The second-order valence-corrected chi connectivity index (χ2v) is 10.3. The molecule has 164 valence electrons. The highest BCUT2D eigenvalue weighted by molar-refractivity contribution is 7.18. The minimum atomic E-state index is 0.169. The molecule has 1 aliphatic heterocycles. The van der Waals surface area contributed by atoms with Crippen molar-refractivity contribution in [2.75, 3.05) is 13.1 Å². The van der Waals surface area contributed by atoms with Crippen LogP contribution in [0.4, 0.5) is 0 Å². The first-order chi connectivity index (χ1) is 15.2. The van der Waals surface area contributed by atoms with E-state index in [2.05, 4.69) is 32.7 Å². The molecule has 1 aliphatic carbocycles. The SMILES string of the molecule is CCCn1cnnc1C1CN(C(=O)CCc2nc3ccccc3s2)CC12CCCCC2. The van der Waals surface area contributed by atoms with Crippen molar-refractivity contribution in [3.8, 4) is 0 Å². The molecule has 0 radical (unpaired) electrons. The van der Waals surface area contributed by atoms with Crippen molar-refractivity contribution in [3.05, 3.63) is 41.4 Å². The van der Waals surface area contributed by atoms with Gasteiger partial charge in [0.1, 0.15) is 12.2 Å². The lowest BCUT2D eigenvalue weighted by Crippen LogP contribution is -2.34. The van der Waals surface area contributed by atoms with Crippen LogP contribution >= 0.6 is 11.3 Å². The Kier molecular flexibility index (Phi) is 5.78. The number of hydrogen-bond acceptors (Lipinski definition) is 5. The van der Waals surface area contributed by atoms with Gasteiger partial charge in [-0.2, -0.15) is 0 Å². The van der Waals surface area contributed by atoms with E-state index in [4.69, 9.17) is 4.98 Å². The van der Waals surface area contributed by atoms with Gasteiger partial charge in [0.05, 0.1) is 15.2 Å². The van der Waals surface area contributed by atoms with E-state index in [0.29, 0.717) is 12.3 Å². The van der Waals surface area contributed by atoms with Crippen LogP contribution in [0.3, 0.4) is 0 Å². The minimum absolute atomic E-state index is 0.169. The van der Waals surface area contributed by atoms with E-state index in [0.717, 1.165) is 48.8 Å². The van der Waals surface area contributed by atoms with Crippen LogP contribution in [0.25, 0.3) is 10.2 Å². The molecule has 0 N–H and O–H groups in total. The number of carbonyl (C=O) groups is 1. The molecule has 3 aromatic rings. The summed E-state index contributed by atoms with van der Waals surface area (Å²) in [4.78, 5) is 20.1. The fourth-order valence-corrected chi connectivity index (χ4v) is 6.59. The van der Waals surface area contributed by atoms with Gasteiger partial charge in [-0.15, -0.1) is 21.5 Å². The second-order valence-electron chi connectivity index (χ2n) is 9.21. The lowest BCUT2D eigenvalue weighted by atomic mass is 9.67. The third kappa shape index (κ3) is 4.00. The van der Waals surface area contributed by atoms with Crippen LogP contribution in [-0.4, -0.2) is 43.6 Å². The average Bonchev–Trinajstić information content (AvgIpc) is 3.50. The van der Waals surface area contributed by atoms with Crippen molar-refractivity contribution in [1.82, 2.24) is 24.6 Å². The van der Waals surface area contributed by atoms with Gasteiger partial charge in [-0.05, 0) is 36.8 Å². The number of carbonyl (C=O) groups excluding carboxylic acids is 1. The number of para-hydroxylation sites is 1. The lowest BCUT2D eigenvalue weighted by molar-refractivity contribution is -0.130. The summed E-state index contributed by atoms with van der Waals surface area (Å²) in [7, 11) is 0. The number of thiazole rings is 1. The summed E-state index contributed by atoms with van der Waals surface area (Å²) in [5, 5.41) is 9.83. The largest absolute Gasteiger partial charge is 0.341 e. The van der Waals surface area contributed by atoms with Crippen molar-refractivity contribution in [1.29, 1.82) is 0 Å². The lowest BCUT2D eigenvalue weighted by Gasteiger charge is -2.37. The summed E-state index contributed by atoms with van der Waals surface area (Å²) in [6, 6.07) is 8.20. The Bertz CT molecular complexity index is 1020. The fraction of sp³-hybridized carbons (Fsp3) is 0.583. The number of aryl methyl sites for hydroxylation is 2. The molecule has 31 heavy (non-hydrogen) atoms. The maximum absolute atomic E-state index is 13.2. The highest BCUT2D eigenvalue weighted by Crippen LogP contribution is 2.51. The first kappa shape index (κ1) is 20.6. The third-order valence-corrected chi connectivity index (χ3v) is 8.26. The molecule has 1 saturated carbocycles. The van der Waals surface area contributed by atoms with Gasteiger partial charge in [0.15, 0.2) is 0 Å². The van der Waals surface area contributed by atoms with Gasteiger partial charge < -0.3 is 9.47 Å². The van der Waals surface area contributed by atoms with Crippen molar-refractivity contribution < 1.29 is 4.79 Å². The summed E-state index contributed by atoms with van der Waals surface area (Å²) in [5.74, 6) is 1.65. The summed E-state index contributed by atoms with van der Waals surface area (Å²) < 4.78 is 3.42. The molecule has 6 nitrogen and oxygen atoms in total. The average molecular weight is 438 g/mol. The fourth-order valence-electron chi connectivity index (χ4n) is 5.62. The molecule has 5 rings (SSSR count). The molecule has 1 atom stereocenters. The van der Waals surface area contributed by atoms with Crippen molar-refractivity contribution in [3.63, 3.8) is 0 Å². The minimum Gasteiger partial charge on any atom is -0.341 e. The number of nitrogens with zero attached hydrogens (tertiary/aromatic N) is 5. The summed E-state index contributed by atoms with van der Waals surface area (Å²) in [6.07, 6.45) is 10.4. The zero-order chi connectivity index (χ0) is 21.3. The van der Waals surface area contributed by atoms with E-state index < -0.39 is 0 Å². The van der Waals surface area contributed by atoms with E-state index in [-0.39, 0.29) is 11.3 Å². The third-order valence-electron chi connectivity index (χ3n) is 7.16. The number of benzene rings is 1. The van der Waals surface area contributed by atoms with Gasteiger partial charge in [0.25, 0.3) is 0 Å². The molecule has 1 unspecified atom stereocenters. The van der Waals surface area contributed by atoms with Crippen molar-refractivity contribution in [2.45, 2.75) is 70.8 Å². The van der Waals surface area contributed by atoms with Crippen LogP contribution < -0.4 is 0 Å². The quantitative estimate of drug-likeness (QED) is 0.555. The number of aromatic nitrogens is 4. The second kappa shape index (κ2) is 8.69. The van der Waals surface area contributed by atoms with Crippen LogP contribution in [-0.2, 0) is 17.8 Å². The number of amides is 1. The Morgan fingerprint density at radius 2 is 2.06 bits per heavy atom. The Hall–Kier alpha value is -2.28. The summed E-state index contributed by atoms with van der Waals surface area (Å²) in [6.45, 7) is 4.78. The Balaban J connectivity index is 1.32. The predicted octanol–water partition coefficient (Wildman–Crippen LogP) is 4.81. The van der Waals surface area contributed by atoms with Crippen LogP contribution in [0.2, 0.25) is 0 Å². The van der Waals surface area contributed by atoms with Crippen LogP contribution in [0.1, 0.15) is 68.6 Å². The number of hydrogen-bond donors (Lipinski definition) is 0. The number of rotatable bonds is 6. The molecule has 1 saturated heterocycles. The Labute approximate surface area is 187 Å². The molecule has 2 fully saturated rings. The van der Waals surface area contributed by atoms with E-state index in [1.54, 1.807) is 11.3 Å². The molecule has 3 heterocycles. The molecule has 1 amide bonds. The van der Waals surface area contributed by atoms with Gasteiger partial charge in [0.2, 0.25) is 5.91 Å². The predicted molar refractivity (Wildman–Crippen MR) is 123 cm³/mol. The molecule has 2 aromatic heterocycles. The monoisotopic (exact) mass is 437 g/mol. The molecule has 1 aromatic carbocycles. The van der Waals surface area contributed by atoms with Crippen molar-refractivity contribution in [2.24, 2.45) is 5.41 Å². The number of likely N-dealkylation sites (tertiary alicyclic amines) is 1. The zero-order valence-electron chi connectivity index (χ0n) is 18.3. The maximum atomic E-state index is 13.2. The van der Waals surface area contributed by atoms with Gasteiger partial charge in [-0.1, -0.05) is 38.3 Å². The first-order valence-electron chi connectivity index (χ1n) is 11.7. The smallest absolute Gasteiger partial charge is 0.223 e. The van der Waals surface area contributed by atoms with Crippen LogP contribution in [0.15, 0.2) is 30.6 Å². The Morgan fingerprint density at radius 1 is 1.23 bits per heavy atom. The van der Waals surface area contributed by atoms with E-state index in [9.17, 15) is 4.79 Å². The zero-order valence-corrected chi connectivity index (χ0v) is 19.1.